The van der Waals surface area contributed by atoms with Crippen LogP contribution in [0.4, 0.5) is 0 Å². The maximum atomic E-state index is 5.96. The number of nitrogens with two attached hydrogens (primary N) is 1. The molecule has 0 amide bonds. The lowest BCUT2D eigenvalue weighted by molar-refractivity contribution is 0.185. The third kappa shape index (κ3) is 8.03. The van der Waals surface area contributed by atoms with Crippen molar-refractivity contribution in [3.63, 3.8) is 0 Å². The number of benzene rings is 1. The molecule has 124 valence electrons. The number of ether oxygens (including phenoxy) is 1. The molecular weight excluding hydrogens is 274 g/mol. The second-order valence-electron chi connectivity index (χ2n) is 6.32. The Morgan fingerprint density at radius 3 is 2.64 bits per heavy atom. The van der Waals surface area contributed by atoms with Gasteiger partial charge in [-0.25, -0.2) is 4.99 Å². The Morgan fingerprint density at radius 2 is 1.95 bits per heavy atom. The lowest BCUT2D eigenvalue weighted by Gasteiger charge is -2.15. The molecule has 0 aliphatic heterocycles. The lowest BCUT2D eigenvalue weighted by Crippen LogP contribution is -2.38. The second kappa shape index (κ2) is 10.2. The first kappa shape index (κ1) is 18.5. The van der Waals surface area contributed by atoms with Crippen LogP contribution >= 0.6 is 0 Å². The number of hydrogen-bond donors (Lipinski definition) is 2. The zero-order valence-corrected chi connectivity index (χ0v) is 14.4. The van der Waals surface area contributed by atoms with Gasteiger partial charge in [0.1, 0.15) is 0 Å². The summed E-state index contributed by atoms with van der Waals surface area (Å²) in [6.07, 6.45) is 3.60. The van der Waals surface area contributed by atoms with E-state index in [0.717, 1.165) is 23.5 Å². The highest BCUT2D eigenvalue weighted by Gasteiger charge is 2.04. The quantitative estimate of drug-likeness (QED) is 0.542. The summed E-state index contributed by atoms with van der Waals surface area (Å²) >= 11 is 0. The van der Waals surface area contributed by atoms with E-state index in [2.05, 4.69) is 49.3 Å². The first-order valence-electron chi connectivity index (χ1n) is 8.14. The van der Waals surface area contributed by atoms with Crippen molar-refractivity contribution in [2.24, 2.45) is 16.6 Å². The molecule has 4 nitrogen and oxygen atoms in total. The van der Waals surface area contributed by atoms with Crippen LogP contribution in [0, 0.1) is 5.92 Å². The van der Waals surface area contributed by atoms with Gasteiger partial charge in [0.05, 0.1) is 13.2 Å². The van der Waals surface area contributed by atoms with Crippen LogP contribution in [0.3, 0.4) is 0 Å². The van der Waals surface area contributed by atoms with E-state index in [-0.39, 0.29) is 0 Å². The average Bonchev–Trinajstić information content (AvgIpc) is 2.45. The molecule has 1 aromatic carbocycles. The molecule has 1 rings (SSSR count). The number of hydrogen-bond acceptors (Lipinski definition) is 2. The molecule has 1 atom stereocenters. The van der Waals surface area contributed by atoms with Crippen LogP contribution in [0.5, 0.6) is 0 Å². The van der Waals surface area contributed by atoms with Crippen LogP contribution in [-0.4, -0.2) is 19.1 Å². The van der Waals surface area contributed by atoms with Crippen molar-refractivity contribution in [2.75, 3.05) is 7.11 Å². The van der Waals surface area contributed by atoms with Gasteiger partial charge in [-0.05, 0) is 30.4 Å². The van der Waals surface area contributed by atoms with Crippen molar-refractivity contribution < 1.29 is 4.74 Å². The predicted molar refractivity (Wildman–Crippen MR) is 93.8 cm³/mol. The van der Waals surface area contributed by atoms with Crippen molar-refractivity contribution >= 4 is 5.96 Å². The molecule has 0 aromatic heterocycles. The van der Waals surface area contributed by atoms with Gasteiger partial charge in [0, 0.05) is 13.2 Å². The summed E-state index contributed by atoms with van der Waals surface area (Å²) in [6, 6.07) is 8.60. The zero-order chi connectivity index (χ0) is 16.4. The van der Waals surface area contributed by atoms with Crippen molar-refractivity contribution in [3.05, 3.63) is 35.4 Å². The molecule has 0 fully saturated rings. The standard InChI is InChI=1S/C18H31N3O/c1-14(2)7-5-8-15(3)21-18(19)20-12-16-9-6-10-17(11-16)13-22-4/h6,9-11,14-15H,5,7-8,12-13H2,1-4H3,(H3,19,20,21). The Hall–Kier alpha value is -1.55. The largest absolute Gasteiger partial charge is 0.380 e. The van der Waals surface area contributed by atoms with E-state index in [1.807, 2.05) is 6.07 Å². The monoisotopic (exact) mass is 305 g/mol. The molecule has 0 heterocycles. The minimum Gasteiger partial charge on any atom is -0.380 e. The molecule has 0 aliphatic rings. The molecule has 0 radical (unpaired) electrons. The van der Waals surface area contributed by atoms with Crippen LogP contribution in [0.2, 0.25) is 0 Å². The maximum absolute atomic E-state index is 5.96. The topological polar surface area (TPSA) is 59.6 Å². The third-order valence-electron chi connectivity index (χ3n) is 3.55. The minimum atomic E-state index is 0.363. The van der Waals surface area contributed by atoms with E-state index in [0.29, 0.717) is 25.2 Å². The number of nitrogens with zero attached hydrogens (tertiary/aromatic N) is 1. The van der Waals surface area contributed by atoms with Gasteiger partial charge in [0.25, 0.3) is 0 Å². The summed E-state index contributed by atoms with van der Waals surface area (Å²) in [5.41, 5.74) is 8.27. The van der Waals surface area contributed by atoms with Gasteiger partial charge < -0.3 is 15.8 Å². The van der Waals surface area contributed by atoms with Crippen LogP contribution in [0.25, 0.3) is 0 Å². The summed E-state index contributed by atoms with van der Waals surface area (Å²) < 4.78 is 5.14. The molecule has 1 aromatic rings. The molecule has 0 spiro atoms. The third-order valence-corrected chi connectivity index (χ3v) is 3.55. The normalized spacial score (nSPS) is 13.4. The highest BCUT2D eigenvalue weighted by Crippen LogP contribution is 2.09. The van der Waals surface area contributed by atoms with E-state index >= 15 is 0 Å². The lowest BCUT2D eigenvalue weighted by atomic mass is 10.0. The number of aliphatic imine (C=N–C) groups is 1. The highest BCUT2D eigenvalue weighted by atomic mass is 16.5. The molecule has 0 saturated carbocycles. The fourth-order valence-corrected chi connectivity index (χ4v) is 2.36. The molecular formula is C18H31N3O. The van der Waals surface area contributed by atoms with Gasteiger partial charge in [-0.15, -0.1) is 0 Å². The molecule has 0 saturated heterocycles. The molecule has 0 aliphatic carbocycles. The number of guanidine groups is 1. The molecule has 3 N–H and O–H groups in total. The summed E-state index contributed by atoms with van der Waals surface area (Å²) in [4.78, 5) is 4.42. The Labute approximate surface area is 135 Å². The Bertz CT molecular complexity index is 457. The van der Waals surface area contributed by atoms with Gasteiger partial charge in [-0.2, -0.15) is 0 Å². The first-order valence-corrected chi connectivity index (χ1v) is 8.14. The molecule has 1 unspecified atom stereocenters. The van der Waals surface area contributed by atoms with E-state index in [9.17, 15) is 0 Å². The van der Waals surface area contributed by atoms with Crippen molar-refractivity contribution in [1.29, 1.82) is 0 Å². The maximum Gasteiger partial charge on any atom is 0.189 e. The smallest absolute Gasteiger partial charge is 0.189 e. The highest BCUT2D eigenvalue weighted by molar-refractivity contribution is 5.78. The van der Waals surface area contributed by atoms with Crippen LogP contribution in [-0.2, 0) is 17.9 Å². The van der Waals surface area contributed by atoms with Crippen LogP contribution < -0.4 is 11.1 Å². The first-order chi connectivity index (χ1) is 10.5. The number of rotatable bonds is 9. The second-order valence-corrected chi connectivity index (χ2v) is 6.32. The van der Waals surface area contributed by atoms with Gasteiger partial charge >= 0.3 is 0 Å². The van der Waals surface area contributed by atoms with Gasteiger partial charge in [-0.1, -0.05) is 51.0 Å². The molecule has 22 heavy (non-hydrogen) atoms. The van der Waals surface area contributed by atoms with Crippen LogP contribution in [0.1, 0.15) is 51.2 Å². The van der Waals surface area contributed by atoms with Gasteiger partial charge in [-0.3, -0.25) is 0 Å². The predicted octanol–water partition coefficient (Wildman–Crippen LogP) is 3.45. The van der Waals surface area contributed by atoms with Crippen LogP contribution in [0.15, 0.2) is 29.3 Å². The Kier molecular flexibility index (Phi) is 8.60. The fourth-order valence-electron chi connectivity index (χ4n) is 2.36. The van der Waals surface area contributed by atoms with E-state index in [1.165, 1.54) is 12.8 Å². The Morgan fingerprint density at radius 1 is 1.23 bits per heavy atom. The van der Waals surface area contributed by atoms with E-state index in [4.69, 9.17) is 10.5 Å². The molecule has 0 bridgehead atoms. The van der Waals surface area contributed by atoms with E-state index in [1.54, 1.807) is 7.11 Å². The SMILES string of the molecule is COCc1cccc(CN=C(N)NC(C)CCCC(C)C)c1. The Balaban J connectivity index is 2.40. The zero-order valence-electron chi connectivity index (χ0n) is 14.4. The van der Waals surface area contributed by atoms with Crippen molar-refractivity contribution in [2.45, 2.75) is 59.2 Å². The fraction of sp³-hybridized carbons (Fsp3) is 0.611. The summed E-state index contributed by atoms with van der Waals surface area (Å²) in [5, 5.41) is 3.27. The molecule has 4 heteroatoms. The summed E-state index contributed by atoms with van der Waals surface area (Å²) in [6.45, 7) is 7.88. The van der Waals surface area contributed by atoms with E-state index < -0.39 is 0 Å². The number of nitrogens with one attached hydrogen (secondary N) is 1. The van der Waals surface area contributed by atoms with Gasteiger partial charge in [0.2, 0.25) is 0 Å². The summed E-state index contributed by atoms with van der Waals surface area (Å²) in [7, 11) is 1.70. The van der Waals surface area contributed by atoms with Crippen molar-refractivity contribution in [3.8, 4) is 0 Å². The summed E-state index contributed by atoms with van der Waals surface area (Å²) in [5.74, 6) is 1.28. The number of methoxy groups -OCH3 is 1. The minimum absolute atomic E-state index is 0.363. The average molecular weight is 305 g/mol. The van der Waals surface area contributed by atoms with Gasteiger partial charge in [0.15, 0.2) is 5.96 Å². The van der Waals surface area contributed by atoms with Crippen molar-refractivity contribution in [1.82, 2.24) is 5.32 Å².